The van der Waals surface area contributed by atoms with Crippen LogP contribution in [0.4, 0.5) is 19.1 Å². The number of hydrogen-bond acceptors (Lipinski definition) is 6. The van der Waals surface area contributed by atoms with E-state index in [-0.39, 0.29) is 24.4 Å². The SMILES string of the molecule is CCN(C(=O)c1nc(C)sc1-c1ccccc1)[C@@H](C)CNc1ncc(C(F)(F)F)cn1. The minimum absolute atomic E-state index is 0.0674. The molecule has 2 aromatic heterocycles. The van der Waals surface area contributed by atoms with E-state index in [0.29, 0.717) is 12.2 Å². The second kappa shape index (κ2) is 9.42. The first-order chi connectivity index (χ1) is 14.7. The molecule has 0 aliphatic carbocycles. The first-order valence-electron chi connectivity index (χ1n) is 9.67. The van der Waals surface area contributed by atoms with Gasteiger partial charge in [-0.25, -0.2) is 15.0 Å². The summed E-state index contributed by atoms with van der Waals surface area (Å²) in [6.07, 6.45) is -3.03. The fourth-order valence-electron chi connectivity index (χ4n) is 3.06. The summed E-state index contributed by atoms with van der Waals surface area (Å²) in [5, 5.41) is 3.69. The summed E-state index contributed by atoms with van der Waals surface area (Å²) >= 11 is 1.46. The molecule has 1 aromatic carbocycles. The number of carbonyl (C=O) groups excluding carboxylic acids is 1. The average Bonchev–Trinajstić information content (AvgIpc) is 3.15. The van der Waals surface area contributed by atoms with Gasteiger partial charge < -0.3 is 10.2 Å². The number of aryl methyl sites for hydroxylation is 1. The van der Waals surface area contributed by atoms with E-state index < -0.39 is 11.7 Å². The van der Waals surface area contributed by atoms with Crippen LogP contribution in [0, 0.1) is 6.92 Å². The van der Waals surface area contributed by atoms with Crippen molar-refractivity contribution in [2.24, 2.45) is 0 Å². The zero-order chi connectivity index (χ0) is 22.6. The summed E-state index contributed by atoms with van der Waals surface area (Å²) in [4.78, 5) is 27.6. The Bertz CT molecular complexity index is 1020. The first kappa shape index (κ1) is 22.7. The van der Waals surface area contributed by atoms with Gasteiger partial charge in [0.2, 0.25) is 5.95 Å². The smallest absolute Gasteiger partial charge is 0.352 e. The van der Waals surface area contributed by atoms with Crippen LogP contribution >= 0.6 is 11.3 Å². The third kappa shape index (κ3) is 5.38. The summed E-state index contributed by atoms with van der Waals surface area (Å²) in [6.45, 7) is 6.29. The summed E-state index contributed by atoms with van der Waals surface area (Å²) in [7, 11) is 0. The lowest BCUT2D eigenvalue weighted by Gasteiger charge is -2.28. The molecule has 164 valence electrons. The highest BCUT2D eigenvalue weighted by Gasteiger charge is 2.31. The molecule has 0 spiro atoms. The molecule has 31 heavy (non-hydrogen) atoms. The van der Waals surface area contributed by atoms with Crippen LogP contribution in [-0.4, -0.2) is 44.9 Å². The van der Waals surface area contributed by atoms with Gasteiger partial charge in [-0.3, -0.25) is 4.79 Å². The minimum Gasteiger partial charge on any atom is -0.352 e. The fraction of sp³-hybridized carbons (Fsp3) is 0.333. The first-order valence-corrected chi connectivity index (χ1v) is 10.5. The van der Waals surface area contributed by atoms with Gasteiger partial charge >= 0.3 is 6.18 Å². The molecule has 0 fully saturated rings. The van der Waals surface area contributed by atoms with Gasteiger partial charge in [0.15, 0.2) is 0 Å². The maximum absolute atomic E-state index is 13.3. The van der Waals surface area contributed by atoms with Crippen molar-refractivity contribution in [3.63, 3.8) is 0 Å². The van der Waals surface area contributed by atoms with Crippen molar-refractivity contribution in [3.05, 3.63) is 59.0 Å². The third-order valence-electron chi connectivity index (χ3n) is 4.64. The number of aromatic nitrogens is 3. The number of anilines is 1. The second-order valence-corrected chi connectivity index (χ2v) is 8.09. The van der Waals surface area contributed by atoms with Gasteiger partial charge in [-0.2, -0.15) is 13.2 Å². The number of nitrogens with zero attached hydrogens (tertiary/aromatic N) is 4. The molecule has 0 bridgehead atoms. The van der Waals surface area contributed by atoms with Crippen LogP contribution in [0.5, 0.6) is 0 Å². The van der Waals surface area contributed by atoms with Crippen molar-refractivity contribution in [3.8, 4) is 10.4 Å². The average molecular weight is 450 g/mol. The molecular formula is C21H22F3N5OS. The van der Waals surface area contributed by atoms with Crippen molar-refractivity contribution in [2.75, 3.05) is 18.4 Å². The second-order valence-electron chi connectivity index (χ2n) is 6.89. The van der Waals surface area contributed by atoms with Crippen LogP contribution in [0.1, 0.15) is 34.9 Å². The van der Waals surface area contributed by atoms with Gasteiger partial charge in [-0.15, -0.1) is 11.3 Å². The molecule has 10 heteroatoms. The molecule has 0 radical (unpaired) electrons. The van der Waals surface area contributed by atoms with E-state index in [4.69, 9.17) is 0 Å². The highest BCUT2D eigenvalue weighted by Crippen LogP contribution is 2.31. The molecule has 1 N–H and O–H groups in total. The van der Waals surface area contributed by atoms with E-state index >= 15 is 0 Å². The number of alkyl halides is 3. The van der Waals surface area contributed by atoms with E-state index in [2.05, 4.69) is 20.3 Å². The molecule has 0 unspecified atom stereocenters. The number of rotatable bonds is 7. The monoisotopic (exact) mass is 449 g/mol. The maximum Gasteiger partial charge on any atom is 0.419 e. The maximum atomic E-state index is 13.3. The van der Waals surface area contributed by atoms with E-state index in [9.17, 15) is 18.0 Å². The Morgan fingerprint density at radius 1 is 1.19 bits per heavy atom. The summed E-state index contributed by atoms with van der Waals surface area (Å²) < 4.78 is 37.9. The van der Waals surface area contributed by atoms with Crippen LogP contribution in [0.3, 0.4) is 0 Å². The van der Waals surface area contributed by atoms with Crippen LogP contribution in [0.15, 0.2) is 42.7 Å². The van der Waals surface area contributed by atoms with Crippen molar-refractivity contribution in [2.45, 2.75) is 33.0 Å². The number of halogens is 3. The van der Waals surface area contributed by atoms with Crippen LogP contribution in [-0.2, 0) is 6.18 Å². The zero-order valence-corrected chi connectivity index (χ0v) is 18.1. The summed E-state index contributed by atoms with van der Waals surface area (Å²) in [5.41, 5.74) is 0.411. The van der Waals surface area contributed by atoms with Gasteiger partial charge in [0.1, 0.15) is 5.69 Å². The number of amides is 1. The lowest BCUT2D eigenvalue weighted by molar-refractivity contribution is -0.138. The molecule has 0 saturated carbocycles. The number of carbonyl (C=O) groups is 1. The lowest BCUT2D eigenvalue weighted by atomic mass is 10.1. The molecule has 6 nitrogen and oxygen atoms in total. The lowest BCUT2D eigenvalue weighted by Crippen LogP contribution is -2.42. The Kier molecular flexibility index (Phi) is 6.89. The van der Waals surface area contributed by atoms with Gasteiger partial charge in [0, 0.05) is 31.5 Å². The Hall–Kier alpha value is -3.01. The molecule has 0 saturated heterocycles. The highest BCUT2D eigenvalue weighted by atomic mass is 32.1. The molecule has 0 aliphatic rings. The topological polar surface area (TPSA) is 71.0 Å². The Labute approximate surface area is 182 Å². The Balaban J connectivity index is 1.73. The Morgan fingerprint density at radius 2 is 1.84 bits per heavy atom. The van der Waals surface area contributed by atoms with Gasteiger partial charge in [0.25, 0.3) is 5.91 Å². The number of hydrogen-bond donors (Lipinski definition) is 1. The summed E-state index contributed by atoms with van der Waals surface area (Å²) in [5.74, 6) is -0.133. The van der Waals surface area contributed by atoms with Gasteiger partial charge in [-0.1, -0.05) is 30.3 Å². The quantitative estimate of drug-likeness (QED) is 0.556. The van der Waals surface area contributed by atoms with Gasteiger partial charge in [0.05, 0.1) is 15.4 Å². The molecule has 2 heterocycles. The molecule has 1 amide bonds. The molecular weight excluding hydrogens is 427 g/mol. The number of nitrogens with one attached hydrogen (secondary N) is 1. The van der Waals surface area contributed by atoms with Crippen molar-refractivity contribution in [1.29, 1.82) is 0 Å². The van der Waals surface area contributed by atoms with Crippen LogP contribution < -0.4 is 5.32 Å². The number of likely N-dealkylation sites (N-methyl/N-ethyl adjacent to an activating group) is 1. The number of benzene rings is 1. The van der Waals surface area contributed by atoms with Crippen molar-refractivity contribution in [1.82, 2.24) is 19.9 Å². The van der Waals surface area contributed by atoms with Crippen LogP contribution in [0.25, 0.3) is 10.4 Å². The molecule has 0 aliphatic heterocycles. The zero-order valence-electron chi connectivity index (χ0n) is 17.3. The molecule has 3 aromatic rings. The standard InChI is InChI=1S/C21H22F3N5OS/c1-4-29(13(2)10-25-20-26-11-16(12-27-20)21(22,23)24)19(30)17-18(31-14(3)28-17)15-8-6-5-7-9-15/h5-9,11-13H,4,10H2,1-3H3,(H,25,26,27)/t13-/m0/s1. The van der Waals surface area contributed by atoms with E-state index in [0.717, 1.165) is 27.8 Å². The predicted molar refractivity (Wildman–Crippen MR) is 114 cm³/mol. The van der Waals surface area contributed by atoms with E-state index in [1.165, 1.54) is 11.3 Å². The molecule has 1 atom stereocenters. The minimum atomic E-state index is -4.49. The number of thiazole rings is 1. The van der Waals surface area contributed by atoms with Crippen molar-refractivity contribution >= 4 is 23.2 Å². The molecule has 3 rings (SSSR count). The largest absolute Gasteiger partial charge is 0.419 e. The fourth-order valence-corrected chi connectivity index (χ4v) is 3.98. The van der Waals surface area contributed by atoms with E-state index in [1.807, 2.05) is 51.1 Å². The van der Waals surface area contributed by atoms with Crippen molar-refractivity contribution < 1.29 is 18.0 Å². The van der Waals surface area contributed by atoms with Gasteiger partial charge in [-0.05, 0) is 26.3 Å². The van der Waals surface area contributed by atoms with Crippen LogP contribution in [0.2, 0.25) is 0 Å². The third-order valence-corrected chi connectivity index (χ3v) is 5.66. The predicted octanol–water partition coefficient (Wildman–Crippen LogP) is 4.89. The Morgan fingerprint density at radius 3 is 2.42 bits per heavy atom. The van der Waals surface area contributed by atoms with E-state index in [1.54, 1.807) is 4.90 Å². The normalized spacial score (nSPS) is 12.5. The highest BCUT2D eigenvalue weighted by molar-refractivity contribution is 7.15. The summed E-state index contributed by atoms with van der Waals surface area (Å²) in [6, 6.07) is 9.34.